The Kier molecular flexibility index (Phi) is 11.3. The molecule has 0 aliphatic carbocycles. The lowest BCUT2D eigenvalue weighted by molar-refractivity contribution is 0.268. The molecule has 150 valence electrons. The fourth-order valence-electron chi connectivity index (χ4n) is 2.36. The largest absolute Gasteiger partial charge is 0.493 e. The topological polar surface area (TPSA) is 58.5 Å². The third-order valence-corrected chi connectivity index (χ3v) is 5.00. The highest BCUT2D eigenvalue weighted by molar-refractivity contribution is 14.0. The smallest absolute Gasteiger partial charge is 0.191 e. The van der Waals surface area contributed by atoms with Gasteiger partial charge in [-0.25, -0.2) is 4.98 Å². The first-order valence-corrected chi connectivity index (χ1v) is 10.0. The second kappa shape index (κ2) is 12.9. The second-order valence-corrected chi connectivity index (χ2v) is 7.69. The molecule has 0 radical (unpaired) electrons. The SMILES string of the molecule is CCc1cnc(CCNC(=NC)NCc2ccccc2OCC(C)C)s1.I. The predicted molar refractivity (Wildman–Crippen MR) is 126 cm³/mol. The minimum atomic E-state index is 0. The molecule has 0 aliphatic heterocycles. The van der Waals surface area contributed by atoms with E-state index in [0.717, 1.165) is 48.3 Å². The van der Waals surface area contributed by atoms with E-state index >= 15 is 0 Å². The highest BCUT2D eigenvalue weighted by Gasteiger charge is 2.06. The minimum absolute atomic E-state index is 0. The van der Waals surface area contributed by atoms with Gasteiger partial charge in [0.25, 0.3) is 0 Å². The third-order valence-electron chi connectivity index (χ3n) is 3.80. The fraction of sp³-hybridized carbons (Fsp3) is 0.500. The van der Waals surface area contributed by atoms with Crippen LogP contribution in [0.4, 0.5) is 0 Å². The Bertz CT molecular complexity index is 703. The molecule has 0 spiro atoms. The van der Waals surface area contributed by atoms with Crippen molar-refractivity contribution >= 4 is 41.3 Å². The average Bonchev–Trinajstić information content (AvgIpc) is 3.11. The molecule has 5 nitrogen and oxygen atoms in total. The number of aryl methyl sites for hydroxylation is 1. The zero-order valence-corrected chi connectivity index (χ0v) is 19.8. The molecule has 0 amide bonds. The molecule has 1 aromatic carbocycles. The number of aliphatic imine (C=N–C) groups is 1. The molecule has 0 fully saturated rings. The Morgan fingerprint density at radius 2 is 2.04 bits per heavy atom. The van der Waals surface area contributed by atoms with E-state index in [0.29, 0.717) is 12.5 Å². The number of nitrogens with one attached hydrogen (secondary N) is 2. The molecule has 0 aliphatic rings. The first kappa shape index (κ1) is 23.7. The van der Waals surface area contributed by atoms with Crippen LogP contribution in [0.5, 0.6) is 5.75 Å². The molecule has 0 saturated carbocycles. The minimum Gasteiger partial charge on any atom is -0.493 e. The van der Waals surface area contributed by atoms with Crippen molar-refractivity contribution in [1.82, 2.24) is 15.6 Å². The van der Waals surface area contributed by atoms with Crippen LogP contribution in [-0.2, 0) is 19.4 Å². The van der Waals surface area contributed by atoms with E-state index in [9.17, 15) is 0 Å². The maximum absolute atomic E-state index is 5.91. The molecule has 0 bridgehead atoms. The van der Waals surface area contributed by atoms with Crippen LogP contribution >= 0.6 is 35.3 Å². The van der Waals surface area contributed by atoms with Crippen molar-refractivity contribution in [3.05, 3.63) is 45.9 Å². The van der Waals surface area contributed by atoms with Crippen molar-refractivity contribution in [3.63, 3.8) is 0 Å². The van der Waals surface area contributed by atoms with E-state index in [2.05, 4.69) is 47.4 Å². The molecule has 2 aromatic rings. The van der Waals surface area contributed by atoms with Gasteiger partial charge in [0.05, 0.1) is 11.6 Å². The number of hydrogen-bond acceptors (Lipinski definition) is 4. The highest BCUT2D eigenvalue weighted by Crippen LogP contribution is 2.18. The van der Waals surface area contributed by atoms with Crippen LogP contribution in [-0.4, -0.2) is 31.1 Å². The van der Waals surface area contributed by atoms with Gasteiger partial charge in [-0.2, -0.15) is 0 Å². The van der Waals surface area contributed by atoms with E-state index in [1.54, 1.807) is 18.4 Å². The number of guanidine groups is 1. The molecular formula is C20H31IN4OS. The van der Waals surface area contributed by atoms with E-state index in [-0.39, 0.29) is 24.0 Å². The zero-order valence-electron chi connectivity index (χ0n) is 16.6. The van der Waals surface area contributed by atoms with Crippen LogP contribution in [0.3, 0.4) is 0 Å². The van der Waals surface area contributed by atoms with E-state index < -0.39 is 0 Å². The number of ether oxygens (including phenoxy) is 1. The van der Waals surface area contributed by atoms with Crippen LogP contribution in [0.1, 0.15) is 36.2 Å². The van der Waals surface area contributed by atoms with Crippen LogP contribution in [0, 0.1) is 5.92 Å². The number of rotatable bonds is 9. The summed E-state index contributed by atoms with van der Waals surface area (Å²) in [4.78, 5) is 10.1. The van der Waals surface area contributed by atoms with E-state index in [1.807, 2.05) is 24.4 Å². The van der Waals surface area contributed by atoms with Gasteiger partial charge in [-0.3, -0.25) is 4.99 Å². The van der Waals surface area contributed by atoms with Crippen LogP contribution in [0.15, 0.2) is 35.5 Å². The summed E-state index contributed by atoms with van der Waals surface area (Å²) < 4.78 is 5.91. The summed E-state index contributed by atoms with van der Waals surface area (Å²) >= 11 is 1.78. The van der Waals surface area contributed by atoms with Crippen molar-refractivity contribution in [2.45, 2.75) is 40.2 Å². The average molecular weight is 502 g/mol. The second-order valence-electron chi connectivity index (χ2n) is 6.49. The number of para-hydroxylation sites is 1. The molecule has 7 heteroatoms. The Hall–Kier alpha value is -1.35. The van der Waals surface area contributed by atoms with Crippen molar-refractivity contribution in [2.75, 3.05) is 20.2 Å². The van der Waals surface area contributed by atoms with Gasteiger partial charge in [0.1, 0.15) is 5.75 Å². The molecular weight excluding hydrogens is 471 g/mol. The van der Waals surface area contributed by atoms with Crippen molar-refractivity contribution in [2.24, 2.45) is 10.9 Å². The maximum atomic E-state index is 5.91. The van der Waals surface area contributed by atoms with Crippen molar-refractivity contribution in [3.8, 4) is 5.75 Å². The molecule has 1 aromatic heterocycles. The molecule has 2 N–H and O–H groups in total. The van der Waals surface area contributed by atoms with Crippen LogP contribution in [0.25, 0.3) is 0 Å². The first-order chi connectivity index (χ1) is 12.6. The van der Waals surface area contributed by atoms with Crippen molar-refractivity contribution in [1.29, 1.82) is 0 Å². The van der Waals surface area contributed by atoms with Crippen LogP contribution in [0.2, 0.25) is 0 Å². The van der Waals surface area contributed by atoms with Gasteiger partial charge in [-0.15, -0.1) is 35.3 Å². The number of nitrogens with zero attached hydrogens (tertiary/aromatic N) is 2. The summed E-state index contributed by atoms with van der Waals surface area (Å²) in [5, 5.41) is 7.87. The van der Waals surface area contributed by atoms with Gasteiger partial charge in [0.2, 0.25) is 0 Å². The predicted octanol–water partition coefficient (Wildman–Crippen LogP) is 4.27. The number of halogens is 1. The molecule has 2 rings (SSSR count). The third kappa shape index (κ3) is 8.47. The Morgan fingerprint density at radius 1 is 1.26 bits per heavy atom. The highest BCUT2D eigenvalue weighted by atomic mass is 127. The molecule has 0 atom stereocenters. The van der Waals surface area contributed by atoms with Crippen LogP contribution < -0.4 is 15.4 Å². The number of aromatic nitrogens is 1. The summed E-state index contributed by atoms with van der Waals surface area (Å²) in [6, 6.07) is 8.13. The summed E-state index contributed by atoms with van der Waals surface area (Å²) in [7, 11) is 1.79. The summed E-state index contributed by atoms with van der Waals surface area (Å²) in [5.74, 6) is 2.22. The van der Waals surface area contributed by atoms with Gasteiger partial charge < -0.3 is 15.4 Å². The molecule has 0 unspecified atom stereocenters. The number of thiazole rings is 1. The van der Waals surface area contributed by atoms with Gasteiger partial charge >= 0.3 is 0 Å². The Labute approximate surface area is 184 Å². The monoisotopic (exact) mass is 502 g/mol. The van der Waals surface area contributed by atoms with E-state index in [1.165, 1.54) is 4.88 Å². The Balaban J connectivity index is 0.00000364. The number of hydrogen-bond donors (Lipinski definition) is 2. The standard InChI is InChI=1S/C20H30N4OS.HI/c1-5-17-13-23-19(26-17)10-11-22-20(21-4)24-12-16-8-6-7-9-18(16)25-14-15(2)3;/h6-9,13,15H,5,10-12,14H2,1-4H3,(H2,21,22,24);1H. The summed E-state index contributed by atoms with van der Waals surface area (Å²) in [6.45, 7) is 8.66. The van der Waals surface area contributed by atoms with E-state index in [4.69, 9.17) is 4.74 Å². The Morgan fingerprint density at radius 3 is 2.70 bits per heavy atom. The summed E-state index contributed by atoms with van der Waals surface area (Å²) in [6.07, 6.45) is 3.92. The lowest BCUT2D eigenvalue weighted by Crippen LogP contribution is -2.37. The molecule has 27 heavy (non-hydrogen) atoms. The maximum Gasteiger partial charge on any atom is 0.191 e. The normalized spacial score (nSPS) is 11.2. The lowest BCUT2D eigenvalue weighted by atomic mass is 10.2. The quantitative estimate of drug-likeness (QED) is 0.306. The summed E-state index contributed by atoms with van der Waals surface area (Å²) in [5.41, 5.74) is 1.13. The zero-order chi connectivity index (χ0) is 18.8. The molecule has 0 saturated heterocycles. The lowest BCUT2D eigenvalue weighted by Gasteiger charge is -2.15. The van der Waals surface area contributed by atoms with Gasteiger partial charge in [-0.05, 0) is 18.4 Å². The van der Waals surface area contributed by atoms with Gasteiger partial charge in [-0.1, -0.05) is 39.0 Å². The van der Waals surface area contributed by atoms with Gasteiger partial charge in [0.15, 0.2) is 5.96 Å². The number of benzene rings is 1. The van der Waals surface area contributed by atoms with Gasteiger partial charge in [0, 0.05) is 43.2 Å². The van der Waals surface area contributed by atoms with Crippen molar-refractivity contribution < 1.29 is 4.74 Å². The first-order valence-electron chi connectivity index (χ1n) is 9.21. The fourth-order valence-corrected chi connectivity index (χ4v) is 3.22. The molecule has 1 heterocycles.